The van der Waals surface area contributed by atoms with Gasteiger partial charge in [-0.2, -0.15) is 0 Å². The lowest BCUT2D eigenvalue weighted by atomic mass is 9.96. The largest absolute Gasteiger partial charge is 0.391 e. The van der Waals surface area contributed by atoms with Crippen LogP contribution in [-0.2, 0) is 6.61 Å². The number of halogens is 1. The standard InChI is InChI=1S/C18H16FNO2/c1-11-4-3-5-12(2)16(11)18-15(10-21)17(20-22-18)13-6-8-14(19)9-7-13/h3-9,21H,10H2,1-2H3. The molecule has 0 unspecified atom stereocenters. The van der Waals surface area contributed by atoms with Gasteiger partial charge in [0, 0.05) is 11.1 Å². The van der Waals surface area contributed by atoms with Crippen LogP contribution in [-0.4, -0.2) is 10.3 Å². The van der Waals surface area contributed by atoms with Crippen molar-refractivity contribution in [1.29, 1.82) is 0 Å². The smallest absolute Gasteiger partial charge is 0.173 e. The van der Waals surface area contributed by atoms with Crippen LogP contribution >= 0.6 is 0 Å². The Hall–Kier alpha value is -2.46. The minimum absolute atomic E-state index is 0.195. The van der Waals surface area contributed by atoms with Crippen molar-refractivity contribution < 1.29 is 14.0 Å². The monoisotopic (exact) mass is 297 g/mol. The lowest BCUT2D eigenvalue weighted by molar-refractivity contribution is 0.281. The number of aromatic nitrogens is 1. The van der Waals surface area contributed by atoms with Crippen molar-refractivity contribution in [3.63, 3.8) is 0 Å². The van der Waals surface area contributed by atoms with E-state index >= 15 is 0 Å². The number of nitrogens with zero attached hydrogens (tertiary/aromatic N) is 1. The molecule has 0 amide bonds. The molecular weight excluding hydrogens is 281 g/mol. The molecule has 0 spiro atoms. The van der Waals surface area contributed by atoms with Crippen molar-refractivity contribution in [1.82, 2.24) is 5.16 Å². The molecule has 2 aromatic carbocycles. The van der Waals surface area contributed by atoms with E-state index in [1.807, 2.05) is 32.0 Å². The molecule has 0 fully saturated rings. The van der Waals surface area contributed by atoms with Crippen molar-refractivity contribution in [2.45, 2.75) is 20.5 Å². The summed E-state index contributed by atoms with van der Waals surface area (Å²) in [7, 11) is 0. The Labute approximate surface area is 128 Å². The summed E-state index contributed by atoms with van der Waals surface area (Å²) < 4.78 is 18.6. The van der Waals surface area contributed by atoms with Gasteiger partial charge >= 0.3 is 0 Å². The fourth-order valence-corrected chi connectivity index (χ4v) is 2.66. The second kappa shape index (κ2) is 5.73. The highest BCUT2D eigenvalue weighted by Gasteiger charge is 2.20. The van der Waals surface area contributed by atoms with Gasteiger partial charge in [0.05, 0.1) is 12.2 Å². The molecule has 3 nitrogen and oxygen atoms in total. The van der Waals surface area contributed by atoms with E-state index in [0.717, 1.165) is 16.7 Å². The zero-order chi connectivity index (χ0) is 15.7. The Bertz CT molecular complexity index is 786. The highest BCUT2D eigenvalue weighted by atomic mass is 19.1. The van der Waals surface area contributed by atoms with Gasteiger partial charge in [-0.1, -0.05) is 23.4 Å². The van der Waals surface area contributed by atoms with Gasteiger partial charge in [0.25, 0.3) is 0 Å². The number of hydrogen-bond acceptors (Lipinski definition) is 3. The van der Waals surface area contributed by atoms with E-state index in [4.69, 9.17) is 4.52 Å². The minimum Gasteiger partial charge on any atom is -0.391 e. The quantitative estimate of drug-likeness (QED) is 0.786. The molecule has 1 heterocycles. The summed E-state index contributed by atoms with van der Waals surface area (Å²) in [6.45, 7) is 3.78. The van der Waals surface area contributed by atoms with Crippen LogP contribution in [0.3, 0.4) is 0 Å². The van der Waals surface area contributed by atoms with Crippen LogP contribution < -0.4 is 0 Å². The lowest BCUT2D eigenvalue weighted by Gasteiger charge is -2.08. The molecule has 0 saturated carbocycles. The summed E-state index contributed by atoms with van der Waals surface area (Å²) in [5.74, 6) is 0.255. The Morgan fingerprint density at radius 1 is 1.05 bits per heavy atom. The zero-order valence-corrected chi connectivity index (χ0v) is 12.4. The number of aliphatic hydroxyl groups excluding tert-OH is 1. The molecule has 112 valence electrons. The summed E-state index contributed by atoms with van der Waals surface area (Å²) in [5, 5.41) is 13.9. The van der Waals surface area contributed by atoms with E-state index in [0.29, 0.717) is 22.6 Å². The summed E-state index contributed by atoms with van der Waals surface area (Å²) in [6.07, 6.45) is 0. The SMILES string of the molecule is Cc1cccc(C)c1-c1onc(-c2ccc(F)cc2)c1CO. The van der Waals surface area contributed by atoms with Gasteiger partial charge in [-0.05, 0) is 49.2 Å². The molecule has 0 aliphatic carbocycles. The van der Waals surface area contributed by atoms with E-state index in [9.17, 15) is 9.50 Å². The molecule has 0 saturated heterocycles. The molecular formula is C18H16FNO2. The predicted octanol–water partition coefficient (Wildman–Crippen LogP) is 4.26. The molecule has 0 radical (unpaired) electrons. The lowest BCUT2D eigenvalue weighted by Crippen LogP contribution is -1.92. The first-order valence-electron chi connectivity index (χ1n) is 7.03. The summed E-state index contributed by atoms with van der Waals surface area (Å²) >= 11 is 0. The van der Waals surface area contributed by atoms with Crippen LogP contribution in [0.4, 0.5) is 4.39 Å². The normalized spacial score (nSPS) is 10.9. The van der Waals surface area contributed by atoms with Crippen molar-refractivity contribution >= 4 is 0 Å². The molecule has 22 heavy (non-hydrogen) atoms. The highest BCUT2D eigenvalue weighted by molar-refractivity contribution is 5.75. The van der Waals surface area contributed by atoms with Crippen LogP contribution in [0.25, 0.3) is 22.6 Å². The number of rotatable bonds is 3. The van der Waals surface area contributed by atoms with Crippen molar-refractivity contribution in [2.75, 3.05) is 0 Å². The van der Waals surface area contributed by atoms with Crippen molar-refractivity contribution in [2.24, 2.45) is 0 Å². The Morgan fingerprint density at radius 2 is 1.68 bits per heavy atom. The Balaban J connectivity index is 2.18. The van der Waals surface area contributed by atoms with Gasteiger partial charge in [0.15, 0.2) is 5.76 Å². The maximum atomic E-state index is 13.1. The Kier molecular flexibility index (Phi) is 3.77. The average molecular weight is 297 g/mol. The van der Waals surface area contributed by atoms with Gasteiger partial charge in [0.1, 0.15) is 11.5 Å². The van der Waals surface area contributed by atoms with Crippen LogP contribution in [0.2, 0.25) is 0 Å². The number of hydrogen-bond donors (Lipinski definition) is 1. The number of aliphatic hydroxyl groups is 1. The average Bonchev–Trinajstić information content (AvgIpc) is 2.91. The predicted molar refractivity (Wildman–Crippen MR) is 82.7 cm³/mol. The fraction of sp³-hybridized carbons (Fsp3) is 0.167. The molecule has 0 atom stereocenters. The Morgan fingerprint density at radius 3 is 2.27 bits per heavy atom. The third kappa shape index (κ3) is 2.42. The number of aryl methyl sites for hydroxylation is 2. The zero-order valence-electron chi connectivity index (χ0n) is 12.4. The number of benzene rings is 2. The van der Waals surface area contributed by atoms with Crippen LogP contribution in [0.15, 0.2) is 47.0 Å². The summed E-state index contributed by atoms with van der Waals surface area (Å²) in [5.41, 5.74) is 4.91. The highest BCUT2D eigenvalue weighted by Crippen LogP contribution is 2.35. The molecule has 4 heteroatoms. The van der Waals surface area contributed by atoms with E-state index in [1.165, 1.54) is 12.1 Å². The van der Waals surface area contributed by atoms with Gasteiger partial charge in [-0.25, -0.2) is 4.39 Å². The third-order valence-electron chi connectivity index (χ3n) is 3.77. The second-order valence-electron chi connectivity index (χ2n) is 5.27. The first kappa shape index (κ1) is 14.5. The van der Waals surface area contributed by atoms with Crippen molar-refractivity contribution in [3.05, 3.63) is 65.0 Å². The van der Waals surface area contributed by atoms with E-state index < -0.39 is 0 Å². The third-order valence-corrected chi connectivity index (χ3v) is 3.77. The molecule has 0 bridgehead atoms. The first-order valence-corrected chi connectivity index (χ1v) is 7.03. The molecule has 3 aromatic rings. The summed E-state index contributed by atoms with van der Waals surface area (Å²) in [4.78, 5) is 0. The van der Waals surface area contributed by atoms with E-state index in [1.54, 1.807) is 12.1 Å². The first-order chi connectivity index (χ1) is 10.6. The fourth-order valence-electron chi connectivity index (χ4n) is 2.66. The van der Waals surface area contributed by atoms with Gasteiger partial charge in [-0.15, -0.1) is 0 Å². The van der Waals surface area contributed by atoms with E-state index in [2.05, 4.69) is 5.16 Å². The van der Waals surface area contributed by atoms with Gasteiger partial charge in [-0.3, -0.25) is 0 Å². The molecule has 1 N–H and O–H groups in total. The summed E-state index contributed by atoms with van der Waals surface area (Å²) in [6, 6.07) is 11.9. The van der Waals surface area contributed by atoms with Crippen LogP contribution in [0, 0.1) is 19.7 Å². The molecule has 0 aliphatic rings. The van der Waals surface area contributed by atoms with Gasteiger partial charge < -0.3 is 9.63 Å². The van der Waals surface area contributed by atoms with Gasteiger partial charge in [0.2, 0.25) is 0 Å². The molecule has 0 aliphatic heterocycles. The van der Waals surface area contributed by atoms with E-state index in [-0.39, 0.29) is 12.4 Å². The second-order valence-corrected chi connectivity index (χ2v) is 5.27. The van der Waals surface area contributed by atoms with Crippen LogP contribution in [0.5, 0.6) is 0 Å². The minimum atomic E-state index is -0.312. The van der Waals surface area contributed by atoms with Crippen LogP contribution in [0.1, 0.15) is 16.7 Å². The molecule has 3 rings (SSSR count). The van der Waals surface area contributed by atoms with Crippen molar-refractivity contribution in [3.8, 4) is 22.6 Å². The molecule has 1 aromatic heterocycles. The maximum absolute atomic E-state index is 13.1. The maximum Gasteiger partial charge on any atom is 0.173 e. The topological polar surface area (TPSA) is 46.3 Å².